The zero-order valence-corrected chi connectivity index (χ0v) is 12.3. The molecule has 0 spiro atoms. The van der Waals surface area contributed by atoms with Gasteiger partial charge in [0.2, 0.25) is 0 Å². The largest absolute Gasteiger partial charge is 0.481 e. The summed E-state index contributed by atoms with van der Waals surface area (Å²) in [5.41, 5.74) is 6.90. The van der Waals surface area contributed by atoms with E-state index >= 15 is 0 Å². The molecule has 130 valence electrons. The molecule has 1 saturated heterocycles. The smallest absolute Gasteiger partial charge is 0.330 e. The van der Waals surface area contributed by atoms with Crippen molar-refractivity contribution in [1.29, 1.82) is 0 Å². The standard InChI is InChI=1S/C12H15N5O7/c13-16-15-8-6(4-18)24-11(9(8)21)17-3-5(1-2-7(19)20)10(22)14-12(17)23/h3,6,8-9,11,18,21H,1-2,4H2,(H,19,20)(H,14,22,23)/t6-,8-,9-,11-/m1/s1. The number of azide groups is 1. The molecule has 12 nitrogen and oxygen atoms in total. The first-order valence-corrected chi connectivity index (χ1v) is 6.93. The topological polar surface area (TPSA) is 191 Å². The second-order valence-corrected chi connectivity index (χ2v) is 5.15. The van der Waals surface area contributed by atoms with E-state index in [0.29, 0.717) is 0 Å². The number of carboxylic acids is 1. The van der Waals surface area contributed by atoms with E-state index in [0.717, 1.165) is 10.8 Å². The van der Waals surface area contributed by atoms with Crippen molar-refractivity contribution < 1.29 is 24.9 Å². The number of aryl methyl sites for hydroxylation is 1. The second-order valence-electron chi connectivity index (χ2n) is 5.15. The van der Waals surface area contributed by atoms with Gasteiger partial charge in [-0.25, -0.2) is 4.79 Å². The van der Waals surface area contributed by atoms with Gasteiger partial charge in [-0.05, 0) is 12.0 Å². The van der Waals surface area contributed by atoms with E-state index in [9.17, 15) is 24.6 Å². The quantitative estimate of drug-likeness (QED) is 0.274. The maximum absolute atomic E-state index is 12.0. The van der Waals surface area contributed by atoms with E-state index in [1.807, 2.05) is 4.98 Å². The second kappa shape index (κ2) is 7.27. The van der Waals surface area contributed by atoms with Gasteiger partial charge in [-0.15, -0.1) is 0 Å². The Morgan fingerprint density at radius 2 is 2.21 bits per heavy atom. The highest BCUT2D eigenvalue weighted by Gasteiger charge is 2.44. The molecule has 0 radical (unpaired) electrons. The molecule has 0 bridgehead atoms. The van der Waals surface area contributed by atoms with Gasteiger partial charge in [-0.2, -0.15) is 0 Å². The molecule has 1 aliphatic heterocycles. The van der Waals surface area contributed by atoms with Crippen LogP contribution in [-0.4, -0.2) is 55.7 Å². The van der Waals surface area contributed by atoms with Crippen LogP contribution in [-0.2, 0) is 16.0 Å². The summed E-state index contributed by atoms with van der Waals surface area (Å²) in [5.74, 6) is -1.12. The van der Waals surface area contributed by atoms with Crippen LogP contribution in [0.3, 0.4) is 0 Å². The van der Waals surface area contributed by atoms with E-state index in [4.69, 9.17) is 15.4 Å². The Bertz CT molecular complexity index is 781. The fourth-order valence-corrected chi connectivity index (χ4v) is 2.45. The lowest BCUT2D eigenvalue weighted by molar-refractivity contribution is -0.136. The molecule has 4 atom stereocenters. The predicted molar refractivity (Wildman–Crippen MR) is 77.2 cm³/mol. The molecule has 0 aliphatic carbocycles. The summed E-state index contributed by atoms with van der Waals surface area (Å²) in [6.45, 7) is -0.554. The Hall–Kier alpha value is -2.66. The Labute approximate surface area is 133 Å². The lowest BCUT2D eigenvalue weighted by Gasteiger charge is -2.18. The normalized spacial score (nSPS) is 26.1. The van der Waals surface area contributed by atoms with Crippen LogP contribution in [0.5, 0.6) is 0 Å². The number of nitrogens with zero attached hydrogens (tertiary/aromatic N) is 4. The Morgan fingerprint density at radius 3 is 2.79 bits per heavy atom. The molecular formula is C12H15N5O7. The van der Waals surface area contributed by atoms with Crippen LogP contribution in [0.4, 0.5) is 0 Å². The summed E-state index contributed by atoms with van der Waals surface area (Å²) in [6.07, 6.45) is -3.13. The summed E-state index contributed by atoms with van der Waals surface area (Å²) in [7, 11) is 0. The Morgan fingerprint density at radius 1 is 1.50 bits per heavy atom. The van der Waals surface area contributed by atoms with E-state index in [-0.39, 0.29) is 18.4 Å². The van der Waals surface area contributed by atoms with Crippen LogP contribution >= 0.6 is 0 Å². The maximum Gasteiger partial charge on any atom is 0.330 e. The Balaban J connectivity index is 2.39. The third-order valence-electron chi connectivity index (χ3n) is 3.63. The fraction of sp³-hybridized carbons (Fsp3) is 0.583. The summed E-state index contributed by atoms with van der Waals surface area (Å²) >= 11 is 0. The zero-order chi connectivity index (χ0) is 17.9. The monoisotopic (exact) mass is 341 g/mol. The minimum absolute atomic E-state index is 0.0144. The number of carboxylic acid groups (broad SMARTS) is 1. The minimum Gasteiger partial charge on any atom is -0.481 e. The molecule has 2 rings (SSSR count). The van der Waals surface area contributed by atoms with Gasteiger partial charge in [-0.3, -0.25) is 19.1 Å². The van der Waals surface area contributed by atoms with E-state index < -0.39 is 48.3 Å². The Kier molecular flexibility index (Phi) is 5.36. The molecular weight excluding hydrogens is 326 g/mol. The van der Waals surface area contributed by atoms with Crippen molar-refractivity contribution in [3.63, 3.8) is 0 Å². The summed E-state index contributed by atoms with van der Waals surface area (Å²) in [4.78, 5) is 38.9. The number of rotatable bonds is 6. The first-order valence-electron chi connectivity index (χ1n) is 6.93. The third kappa shape index (κ3) is 3.46. The number of aromatic nitrogens is 2. The fourth-order valence-electron chi connectivity index (χ4n) is 2.45. The van der Waals surface area contributed by atoms with E-state index in [1.54, 1.807) is 0 Å². The van der Waals surface area contributed by atoms with Crippen LogP contribution in [0.1, 0.15) is 18.2 Å². The average Bonchev–Trinajstić information content (AvgIpc) is 2.83. The summed E-state index contributed by atoms with van der Waals surface area (Å²) in [6, 6.07) is -1.12. The van der Waals surface area contributed by atoms with Crippen molar-refractivity contribution in [2.24, 2.45) is 5.11 Å². The summed E-state index contributed by atoms with van der Waals surface area (Å²) in [5, 5.41) is 31.4. The van der Waals surface area contributed by atoms with Gasteiger partial charge in [0.25, 0.3) is 5.56 Å². The highest BCUT2D eigenvalue weighted by atomic mass is 16.5. The first-order chi connectivity index (χ1) is 11.4. The van der Waals surface area contributed by atoms with Crippen LogP contribution in [0.25, 0.3) is 10.4 Å². The molecule has 0 amide bonds. The molecule has 1 aromatic heterocycles. The molecule has 1 fully saturated rings. The molecule has 24 heavy (non-hydrogen) atoms. The number of hydrogen-bond donors (Lipinski definition) is 4. The lowest BCUT2D eigenvalue weighted by atomic mass is 10.1. The van der Waals surface area contributed by atoms with Crippen molar-refractivity contribution in [2.45, 2.75) is 37.3 Å². The van der Waals surface area contributed by atoms with Crippen LogP contribution < -0.4 is 11.2 Å². The van der Waals surface area contributed by atoms with Crippen molar-refractivity contribution in [2.75, 3.05) is 6.61 Å². The van der Waals surface area contributed by atoms with Crippen LogP contribution in [0, 0.1) is 0 Å². The SMILES string of the molecule is [N-]=[N+]=N[C@H]1[C@@H](O)[C@H](n2cc(CCC(=O)O)c(=O)[nH]c2=O)O[C@@H]1CO. The molecule has 0 unspecified atom stereocenters. The van der Waals surface area contributed by atoms with Gasteiger partial charge < -0.3 is 20.1 Å². The van der Waals surface area contributed by atoms with Crippen LogP contribution in [0.2, 0.25) is 0 Å². The highest BCUT2D eigenvalue weighted by molar-refractivity contribution is 5.67. The van der Waals surface area contributed by atoms with Gasteiger partial charge >= 0.3 is 11.7 Å². The van der Waals surface area contributed by atoms with Gasteiger partial charge in [0.05, 0.1) is 18.8 Å². The van der Waals surface area contributed by atoms with Gasteiger partial charge in [0.1, 0.15) is 6.10 Å². The average molecular weight is 341 g/mol. The van der Waals surface area contributed by atoms with Gasteiger partial charge in [-0.1, -0.05) is 5.11 Å². The van der Waals surface area contributed by atoms with E-state index in [1.165, 1.54) is 0 Å². The van der Waals surface area contributed by atoms with Crippen molar-refractivity contribution in [3.05, 3.63) is 43.0 Å². The highest BCUT2D eigenvalue weighted by Crippen LogP contribution is 2.30. The number of aliphatic hydroxyl groups excluding tert-OH is 2. The van der Waals surface area contributed by atoms with Crippen molar-refractivity contribution >= 4 is 5.97 Å². The molecule has 1 aliphatic rings. The minimum atomic E-state index is -1.44. The van der Waals surface area contributed by atoms with E-state index in [2.05, 4.69) is 10.0 Å². The molecule has 12 heteroatoms. The van der Waals surface area contributed by atoms with Crippen LogP contribution in [0.15, 0.2) is 20.9 Å². The number of H-pyrrole nitrogens is 1. The first kappa shape index (κ1) is 17.7. The van der Waals surface area contributed by atoms with Gasteiger partial charge in [0, 0.05) is 23.1 Å². The number of aliphatic hydroxyl groups is 2. The molecule has 0 aromatic carbocycles. The number of hydrogen-bond acceptors (Lipinski definition) is 7. The van der Waals surface area contributed by atoms with Crippen molar-refractivity contribution in [3.8, 4) is 0 Å². The number of ether oxygens (including phenoxy) is 1. The predicted octanol–water partition coefficient (Wildman–Crippen LogP) is -1.52. The molecule has 1 aromatic rings. The molecule has 2 heterocycles. The number of aliphatic carboxylic acids is 1. The van der Waals surface area contributed by atoms with Crippen molar-refractivity contribution in [1.82, 2.24) is 9.55 Å². The number of nitrogens with one attached hydrogen (secondary N) is 1. The van der Waals surface area contributed by atoms with Gasteiger partial charge in [0.15, 0.2) is 6.23 Å². The molecule has 4 N–H and O–H groups in total. The zero-order valence-electron chi connectivity index (χ0n) is 12.3. The lowest BCUT2D eigenvalue weighted by Crippen LogP contribution is -2.38. The molecule has 0 saturated carbocycles. The summed E-state index contributed by atoms with van der Waals surface area (Å²) < 4.78 is 6.21. The number of carbonyl (C=O) groups is 1. The third-order valence-corrected chi connectivity index (χ3v) is 3.63. The number of aromatic amines is 1. The maximum atomic E-state index is 12.0.